The second-order valence-corrected chi connectivity index (χ2v) is 15.1. The van der Waals surface area contributed by atoms with Crippen LogP contribution in [0.5, 0.6) is 0 Å². The summed E-state index contributed by atoms with van der Waals surface area (Å²) in [5.41, 5.74) is 1.27. The maximum atomic E-state index is 14.4. The van der Waals surface area contributed by atoms with Crippen molar-refractivity contribution in [1.29, 1.82) is 0 Å². The number of oxime groups is 1. The van der Waals surface area contributed by atoms with Crippen LogP contribution in [0.3, 0.4) is 0 Å². The Morgan fingerprint density at radius 2 is 1.83 bits per heavy atom. The number of hydrogen-bond donors (Lipinski definition) is 1. The molecule has 46 heavy (non-hydrogen) atoms. The molecule has 1 N–H and O–H groups in total. The van der Waals surface area contributed by atoms with Gasteiger partial charge in [0, 0.05) is 24.4 Å². The summed E-state index contributed by atoms with van der Waals surface area (Å²) in [4.78, 5) is 25.1. The summed E-state index contributed by atoms with van der Waals surface area (Å²) in [5, 5.41) is 9.95. The minimum absolute atomic E-state index is 0.0464. The van der Waals surface area contributed by atoms with Gasteiger partial charge >= 0.3 is 7.12 Å². The number of carbonyl (C=O) groups is 1. The number of rotatable bonds is 11. The lowest BCUT2D eigenvalue weighted by atomic mass is 9.43. The third kappa shape index (κ3) is 5.65. The largest absolute Gasteiger partial charge is 0.481 e. The van der Waals surface area contributed by atoms with E-state index < -0.39 is 12.7 Å². The van der Waals surface area contributed by atoms with E-state index >= 15 is 0 Å². The highest BCUT2D eigenvalue weighted by atomic mass is 16.7. The van der Waals surface area contributed by atoms with E-state index in [4.69, 9.17) is 18.9 Å². The Labute approximate surface area is 272 Å². The summed E-state index contributed by atoms with van der Waals surface area (Å²) in [6, 6.07) is 20.1. The number of nitrogens with zero attached hydrogens (tertiary/aromatic N) is 2. The van der Waals surface area contributed by atoms with Crippen molar-refractivity contribution in [1.82, 2.24) is 10.3 Å². The van der Waals surface area contributed by atoms with Gasteiger partial charge in [-0.3, -0.25) is 9.78 Å². The van der Waals surface area contributed by atoms with Gasteiger partial charge in [0.05, 0.1) is 42.3 Å². The second kappa shape index (κ2) is 12.1. The average Bonchev–Trinajstić information content (AvgIpc) is 3.62. The van der Waals surface area contributed by atoms with Gasteiger partial charge in [-0.1, -0.05) is 87.4 Å². The smallest absolute Gasteiger partial charge is 0.404 e. The molecule has 0 spiro atoms. The number of amides is 1. The molecule has 1 amide bonds. The molecule has 2 bridgehead atoms. The van der Waals surface area contributed by atoms with Gasteiger partial charge in [-0.2, -0.15) is 0 Å². The molecule has 4 fully saturated rings. The van der Waals surface area contributed by atoms with E-state index in [1.54, 1.807) is 6.20 Å². The fourth-order valence-corrected chi connectivity index (χ4v) is 8.53. The standard InChI is InChI=1S/C37H46BN3O5/c1-24(2)17-33(38-44-32-19-27-18-31(35(27,3)4)36(32,5)45-38)40-34(42)37(20-25-11-7-6-8-12-25)21-28(41-46-37)22-43-23-30-29-14-10-9-13-26(29)15-16-39-30/h6-16,24,27,31-33H,17-23H2,1-5H3,(H,40,42)/t27-,31-,32+,33-,36-,37?/m0/s1. The number of nitrogens with one attached hydrogen (secondary N) is 1. The van der Waals surface area contributed by atoms with Crippen LogP contribution >= 0.6 is 0 Å². The first kappa shape index (κ1) is 31.3. The molecule has 3 aromatic rings. The van der Waals surface area contributed by atoms with Gasteiger partial charge in [-0.25, -0.2) is 0 Å². The van der Waals surface area contributed by atoms with E-state index in [0.29, 0.717) is 42.9 Å². The number of benzene rings is 2. The maximum absolute atomic E-state index is 14.4. The van der Waals surface area contributed by atoms with Crippen molar-refractivity contribution >= 4 is 29.5 Å². The highest BCUT2D eigenvalue weighted by Gasteiger charge is 2.68. The van der Waals surface area contributed by atoms with Crippen molar-refractivity contribution in [3.63, 3.8) is 0 Å². The summed E-state index contributed by atoms with van der Waals surface area (Å²) in [7, 11) is -0.511. The Kier molecular flexibility index (Phi) is 8.23. The third-order valence-corrected chi connectivity index (χ3v) is 11.2. The maximum Gasteiger partial charge on any atom is 0.481 e. The minimum Gasteiger partial charge on any atom is -0.404 e. The van der Waals surface area contributed by atoms with E-state index in [0.717, 1.165) is 34.9 Å². The fourth-order valence-electron chi connectivity index (χ4n) is 8.53. The molecule has 3 saturated carbocycles. The molecular weight excluding hydrogens is 577 g/mol. The highest BCUT2D eigenvalue weighted by molar-refractivity contribution is 6.48. The zero-order valence-electron chi connectivity index (χ0n) is 27.7. The van der Waals surface area contributed by atoms with Crippen molar-refractivity contribution < 1.29 is 23.7 Å². The Balaban J connectivity index is 1.06. The predicted molar refractivity (Wildman–Crippen MR) is 179 cm³/mol. The molecule has 3 heterocycles. The first-order valence-corrected chi connectivity index (χ1v) is 16.9. The quantitative estimate of drug-likeness (QED) is 0.252. The summed E-state index contributed by atoms with van der Waals surface area (Å²) in [6.07, 6.45) is 5.48. The van der Waals surface area contributed by atoms with Crippen LogP contribution in [0.15, 0.2) is 72.0 Å². The molecule has 6 atom stereocenters. The second-order valence-electron chi connectivity index (χ2n) is 15.1. The summed E-state index contributed by atoms with van der Waals surface area (Å²) in [5.74, 6) is 0.922. The van der Waals surface area contributed by atoms with Crippen LogP contribution in [-0.2, 0) is 36.7 Å². The van der Waals surface area contributed by atoms with Crippen molar-refractivity contribution in [2.75, 3.05) is 6.61 Å². The molecule has 2 aromatic carbocycles. The van der Waals surface area contributed by atoms with E-state index in [1.807, 2.05) is 48.5 Å². The molecule has 8 rings (SSSR count). The molecule has 5 aliphatic rings. The first-order chi connectivity index (χ1) is 22.1. The summed E-state index contributed by atoms with van der Waals surface area (Å²) in [6.45, 7) is 11.9. The van der Waals surface area contributed by atoms with Crippen molar-refractivity contribution in [2.24, 2.45) is 28.3 Å². The van der Waals surface area contributed by atoms with Gasteiger partial charge in [0.2, 0.25) is 5.60 Å². The average molecular weight is 624 g/mol. The van der Waals surface area contributed by atoms with Crippen molar-refractivity contribution in [3.05, 3.63) is 78.1 Å². The van der Waals surface area contributed by atoms with Crippen LogP contribution in [0.2, 0.25) is 0 Å². The molecule has 0 radical (unpaired) electrons. The zero-order valence-corrected chi connectivity index (χ0v) is 27.7. The van der Waals surface area contributed by atoms with Crippen molar-refractivity contribution in [3.8, 4) is 0 Å². The van der Waals surface area contributed by atoms with Crippen molar-refractivity contribution in [2.45, 2.75) is 96.6 Å². The van der Waals surface area contributed by atoms with E-state index in [9.17, 15) is 4.79 Å². The summed E-state index contributed by atoms with van der Waals surface area (Å²) < 4.78 is 19.6. The Bertz CT molecular complexity index is 1610. The fraction of sp³-hybridized carbons (Fsp3) is 0.541. The number of pyridine rings is 1. The summed E-state index contributed by atoms with van der Waals surface area (Å²) >= 11 is 0. The van der Waals surface area contributed by atoms with Crippen LogP contribution in [0.4, 0.5) is 0 Å². The van der Waals surface area contributed by atoms with Crippen LogP contribution in [0.25, 0.3) is 10.8 Å². The van der Waals surface area contributed by atoms with Gasteiger partial charge in [0.1, 0.15) is 0 Å². The van der Waals surface area contributed by atoms with Crippen LogP contribution < -0.4 is 5.32 Å². The number of hydrogen-bond acceptors (Lipinski definition) is 7. The van der Waals surface area contributed by atoms with Gasteiger partial charge in [0.25, 0.3) is 5.91 Å². The third-order valence-electron chi connectivity index (χ3n) is 11.2. The molecular formula is C37H46BN3O5. The predicted octanol–water partition coefficient (Wildman–Crippen LogP) is 6.31. The number of carbonyl (C=O) groups excluding carboxylic acids is 1. The first-order valence-electron chi connectivity index (χ1n) is 16.9. The van der Waals surface area contributed by atoms with Gasteiger partial charge < -0.3 is 24.2 Å². The molecule has 1 unspecified atom stereocenters. The molecule has 1 saturated heterocycles. The molecule has 9 heteroatoms. The SMILES string of the molecule is CC(C)C[C@H](NC(=O)C1(Cc2ccccc2)CC(COCc2nccc3ccccc23)=NO1)B1O[C@@H]2C[C@@H]3C[C@@H](C3(C)C)[C@]2(C)O1. The van der Waals surface area contributed by atoms with E-state index in [2.05, 4.69) is 62.2 Å². The van der Waals surface area contributed by atoms with Crippen LogP contribution in [0, 0.1) is 23.2 Å². The number of fused-ring (bicyclic) bond motifs is 1. The normalized spacial score (nSPS) is 30.0. The van der Waals surface area contributed by atoms with E-state index in [-0.39, 0.29) is 35.6 Å². The Morgan fingerprint density at radius 3 is 2.61 bits per heavy atom. The molecule has 1 aromatic heterocycles. The van der Waals surface area contributed by atoms with Gasteiger partial charge in [-0.05, 0) is 66.4 Å². The topological polar surface area (TPSA) is 91.3 Å². The lowest BCUT2D eigenvalue weighted by Crippen LogP contribution is -2.65. The van der Waals surface area contributed by atoms with Crippen LogP contribution in [0.1, 0.15) is 71.6 Å². The van der Waals surface area contributed by atoms with Gasteiger partial charge in [0.15, 0.2) is 0 Å². The highest BCUT2D eigenvalue weighted by Crippen LogP contribution is 2.65. The molecule has 242 valence electrons. The van der Waals surface area contributed by atoms with Crippen LogP contribution in [-0.4, -0.2) is 53.6 Å². The number of ether oxygens (including phenoxy) is 1. The Hall–Kier alpha value is -3.27. The lowest BCUT2D eigenvalue weighted by Gasteiger charge is -2.64. The molecule has 2 aliphatic heterocycles. The van der Waals surface area contributed by atoms with E-state index in [1.165, 1.54) is 6.42 Å². The Morgan fingerprint density at radius 1 is 1.04 bits per heavy atom. The zero-order chi connectivity index (χ0) is 32.1. The van der Waals surface area contributed by atoms with Gasteiger partial charge in [-0.15, -0.1) is 0 Å². The molecule has 3 aliphatic carbocycles. The number of aromatic nitrogens is 1. The monoisotopic (exact) mass is 623 g/mol. The lowest BCUT2D eigenvalue weighted by molar-refractivity contribution is -0.199. The minimum atomic E-state index is -1.20. The molecule has 8 nitrogen and oxygen atoms in total.